The van der Waals surface area contributed by atoms with Crippen LogP contribution < -0.4 is 4.90 Å². The average molecular weight is 381 g/mol. The van der Waals surface area contributed by atoms with Gasteiger partial charge in [0.15, 0.2) is 0 Å². The van der Waals surface area contributed by atoms with Crippen molar-refractivity contribution in [2.45, 2.75) is 43.5 Å². The Morgan fingerprint density at radius 2 is 1.67 bits per heavy atom. The molecule has 6 heteroatoms. The first-order chi connectivity index (χ1) is 13.2. The lowest BCUT2D eigenvalue weighted by atomic mass is 10.2. The molecule has 1 N–H and O–H groups in total. The van der Waals surface area contributed by atoms with Crippen LogP contribution >= 0.6 is 11.8 Å². The predicted molar refractivity (Wildman–Crippen MR) is 110 cm³/mol. The highest BCUT2D eigenvalue weighted by Crippen LogP contribution is 2.29. The summed E-state index contributed by atoms with van der Waals surface area (Å²) in [6.45, 7) is 4.04. The van der Waals surface area contributed by atoms with Crippen LogP contribution in [0.3, 0.4) is 0 Å². The van der Waals surface area contributed by atoms with E-state index in [4.69, 9.17) is 0 Å². The molecule has 0 aliphatic carbocycles. The number of thioether (sulfide) groups is 1. The molecule has 0 unspecified atom stereocenters. The van der Waals surface area contributed by atoms with Crippen LogP contribution in [0.4, 0.5) is 11.4 Å². The molecule has 0 spiro atoms. The van der Waals surface area contributed by atoms with E-state index in [1.165, 1.54) is 11.8 Å². The van der Waals surface area contributed by atoms with Gasteiger partial charge in [-0.25, -0.2) is 4.98 Å². The van der Waals surface area contributed by atoms with Crippen LogP contribution in [0.5, 0.6) is 0 Å². The zero-order valence-corrected chi connectivity index (χ0v) is 16.4. The maximum Gasteiger partial charge on any atom is 0.244 e. The van der Waals surface area contributed by atoms with E-state index in [2.05, 4.69) is 22.1 Å². The number of anilines is 2. The number of nitrogens with one attached hydrogen (secondary N) is 1. The second-order valence-electron chi connectivity index (χ2n) is 6.27. The maximum atomic E-state index is 13.3. The van der Waals surface area contributed by atoms with Gasteiger partial charge >= 0.3 is 0 Å². The topological polar surface area (TPSA) is 61.9 Å². The summed E-state index contributed by atoms with van der Waals surface area (Å²) in [5.41, 5.74) is 1.69. The first-order valence-electron chi connectivity index (χ1n) is 9.21. The highest BCUT2D eigenvalue weighted by molar-refractivity contribution is 8.00. The van der Waals surface area contributed by atoms with Crippen LogP contribution in [0, 0.1) is 0 Å². The number of unbranched alkanes of at least 4 members (excludes halogenated alkanes) is 1. The summed E-state index contributed by atoms with van der Waals surface area (Å²) >= 11 is 1.38. The number of carbonyl (C=O) groups excluding carboxylic acids is 1. The summed E-state index contributed by atoms with van der Waals surface area (Å²) in [5, 5.41) is 7.52. The number of nitrogens with zero attached hydrogens (tertiary/aromatic N) is 3. The first-order valence-corrected chi connectivity index (χ1v) is 10.1. The molecule has 0 aliphatic heterocycles. The molecule has 3 aromatic rings. The van der Waals surface area contributed by atoms with Crippen molar-refractivity contribution in [3.8, 4) is 0 Å². The average Bonchev–Trinajstić information content (AvgIpc) is 3.15. The summed E-state index contributed by atoms with van der Waals surface area (Å²) in [5.74, 6) is 0.874. The Hall–Kier alpha value is -2.60. The smallest absolute Gasteiger partial charge is 0.244 e. The van der Waals surface area contributed by atoms with Gasteiger partial charge in [-0.3, -0.25) is 14.8 Å². The van der Waals surface area contributed by atoms with Gasteiger partial charge in [0.05, 0.1) is 5.25 Å². The Morgan fingerprint density at radius 3 is 2.22 bits per heavy atom. The highest BCUT2D eigenvalue weighted by Gasteiger charge is 2.25. The molecule has 1 amide bonds. The summed E-state index contributed by atoms with van der Waals surface area (Å²) < 4.78 is 0. The lowest BCUT2D eigenvalue weighted by molar-refractivity contribution is -0.117. The number of benzene rings is 2. The third-order valence-electron chi connectivity index (χ3n) is 4.16. The van der Waals surface area contributed by atoms with E-state index < -0.39 is 0 Å². The third-order valence-corrected chi connectivity index (χ3v) is 5.11. The summed E-state index contributed by atoms with van der Waals surface area (Å²) in [7, 11) is 0. The number of amides is 1. The van der Waals surface area contributed by atoms with Gasteiger partial charge < -0.3 is 0 Å². The van der Waals surface area contributed by atoms with E-state index in [1.807, 2.05) is 67.6 Å². The van der Waals surface area contributed by atoms with Crippen LogP contribution in [-0.2, 0) is 11.2 Å². The normalized spacial score (nSPS) is 11.9. The molecule has 5 nitrogen and oxygen atoms in total. The van der Waals surface area contributed by atoms with Crippen LogP contribution in [0.15, 0.2) is 65.8 Å². The van der Waals surface area contributed by atoms with Crippen molar-refractivity contribution >= 4 is 29.0 Å². The number of aryl methyl sites for hydroxylation is 1. The van der Waals surface area contributed by atoms with Gasteiger partial charge in [-0.2, -0.15) is 0 Å². The second-order valence-corrected chi connectivity index (χ2v) is 7.58. The molecule has 0 aliphatic rings. The first kappa shape index (κ1) is 19.2. The zero-order chi connectivity index (χ0) is 19.1. The Balaban J connectivity index is 1.78. The number of aromatic nitrogens is 3. The van der Waals surface area contributed by atoms with E-state index >= 15 is 0 Å². The molecule has 1 aromatic heterocycles. The molecule has 2 aromatic carbocycles. The van der Waals surface area contributed by atoms with Gasteiger partial charge in [-0.1, -0.05) is 61.5 Å². The number of aromatic amines is 1. The fraction of sp³-hybridized carbons (Fsp3) is 0.286. The van der Waals surface area contributed by atoms with Gasteiger partial charge in [0.25, 0.3) is 0 Å². The van der Waals surface area contributed by atoms with Crippen molar-refractivity contribution in [2.24, 2.45) is 0 Å². The molecule has 140 valence electrons. The number of para-hydroxylation sites is 2. The molecule has 0 saturated heterocycles. The molecule has 0 radical (unpaired) electrons. The lowest BCUT2D eigenvalue weighted by Crippen LogP contribution is -2.32. The zero-order valence-electron chi connectivity index (χ0n) is 15.6. The third kappa shape index (κ3) is 4.98. The second kappa shape index (κ2) is 9.37. The van der Waals surface area contributed by atoms with Crippen LogP contribution in [0.2, 0.25) is 0 Å². The fourth-order valence-corrected chi connectivity index (χ4v) is 3.52. The Morgan fingerprint density at radius 1 is 1.07 bits per heavy atom. The minimum atomic E-state index is -0.319. The number of carbonyl (C=O) groups is 1. The molecule has 1 heterocycles. The van der Waals surface area contributed by atoms with E-state index in [0.717, 1.165) is 36.5 Å². The largest absolute Gasteiger partial charge is 0.280 e. The van der Waals surface area contributed by atoms with Gasteiger partial charge in [0, 0.05) is 17.8 Å². The number of rotatable bonds is 8. The van der Waals surface area contributed by atoms with Crippen LogP contribution in [0.25, 0.3) is 0 Å². The minimum Gasteiger partial charge on any atom is -0.280 e. The molecule has 0 fully saturated rings. The number of hydrogen-bond donors (Lipinski definition) is 1. The van der Waals surface area contributed by atoms with Gasteiger partial charge in [-0.05, 0) is 37.6 Å². The van der Waals surface area contributed by atoms with Crippen molar-refractivity contribution < 1.29 is 4.79 Å². The Kier molecular flexibility index (Phi) is 6.65. The Labute approximate surface area is 164 Å². The lowest BCUT2D eigenvalue weighted by Gasteiger charge is -2.25. The summed E-state index contributed by atoms with van der Waals surface area (Å²) in [4.78, 5) is 19.5. The van der Waals surface area contributed by atoms with Gasteiger partial charge in [-0.15, -0.1) is 5.10 Å². The quantitative estimate of drug-likeness (QED) is 0.559. The molecular weight excluding hydrogens is 356 g/mol. The maximum absolute atomic E-state index is 13.3. The van der Waals surface area contributed by atoms with Crippen LogP contribution in [0.1, 0.15) is 32.5 Å². The molecule has 27 heavy (non-hydrogen) atoms. The SMILES string of the molecule is CCCCc1nc(S[C@@H](C)C(=O)N(c2ccccc2)c2ccccc2)n[nH]1. The number of H-pyrrole nitrogens is 1. The molecule has 0 bridgehead atoms. The van der Waals surface area contributed by atoms with Crippen molar-refractivity contribution in [2.75, 3.05) is 4.90 Å². The van der Waals surface area contributed by atoms with Crippen molar-refractivity contribution in [1.82, 2.24) is 15.2 Å². The summed E-state index contributed by atoms with van der Waals surface area (Å²) in [6.07, 6.45) is 3.07. The Bertz CT molecular complexity index is 811. The van der Waals surface area contributed by atoms with Crippen molar-refractivity contribution in [1.29, 1.82) is 0 Å². The van der Waals surface area contributed by atoms with Gasteiger partial charge in [0.2, 0.25) is 11.1 Å². The molecule has 1 atom stereocenters. The van der Waals surface area contributed by atoms with E-state index in [0.29, 0.717) is 5.16 Å². The van der Waals surface area contributed by atoms with E-state index in [9.17, 15) is 4.79 Å². The van der Waals surface area contributed by atoms with Gasteiger partial charge in [0.1, 0.15) is 5.82 Å². The monoisotopic (exact) mass is 380 g/mol. The standard InChI is InChI=1S/C21H24N4OS/c1-3-4-15-19-22-21(24-23-19)27-16(2)20(26)25(17-11-7-5-8-12-17)18-13-9-6-10-14-18/h5-14,16H,3-4,15H2,1-2H3,(H,22,23,24)/t16-/m0/s1. The molecule has 3 rings (SSSR count). The van der Waals surface area contributed by atoms with Crippen molar-refractivity contribution in [3.05, 3.63) is 66.5 Å². The van der Waals surface area contributed by atoms with E-state index in [1.54, 1.807) is 4.90 Å². The molecule has 0 saturated carbocycles. The minimum absolute atomic E-state index is 0.00249. The summed E-state index contributed by atoms with van der Waals surface area (Å²) in [6, 6.07) is 19.4. The fourth-order valence-electron chi connectivity index (χ4n) is 2.73. The van der Waals surface area contributed by atoms with Crippen molar-refractivity contribution in [3.63, 3.8) is 0 Å². The van der Waals surface area contributed by atoms with Crippen LogP contribution in [-0.4, -0.2) is 26.3 Å². The highest BCUT2D eigenvalue weighted by atomic mass is 32.2. The number of hydrogen-bond acceptors (Lipinski definition) is 4. The molecular formula is C21H24N4OS. The van der Waals surface area contributed by atoms with E-state index in [-0.39, 0.29) is 11.2 Å². The predicted octanol–water partition coefficient (Wildman–Crippen LogP) is 4.99.